The van der Waals surface area contributed by atoms with Gasteiger partial charge in [-0.3, -0.25) is 9.11 Å². The van der Waals surface area contributed by atoms with Crippen LogP contribution in [0.2, 0.25) is 0 Å². The average Bonchev–Trinajstić information content (AvgIpc) is 3.30. The number of hydrogen-bond donors (Lipinski definition) is 1. The van der Waals surface area contributed by atoms with Crippen molar-refractivity contribution in [3.05, 3.63) is 88.3 Å². The molecule has 0 aromatic heterocycles. The highest BCUT2D eigenvalue weighted by molar-refractivity contribution is 7.85. The van der Waals surface area contributed by atoms with Crippen LogP contribution in [0.4, 0.5) is 15.8 Å². The first-order valence-corrected chi connectivity index (χ1v) is 14.2. The van der Waals surface area contributed by atoms with Gasteiger partial charge in [0.2, 0.25) is 0 Å². The zero-order valence-electron chi connectivity index (χ0n) is 21.4. The molecule has 0 saturated carbocycles. The van der Waals surface area contributed by atoms with Crippen LogP contribution in [0.3, 0.4) is 0 Å². The van der Waals surface area contributed by atoms with Crippen molar-refractivity contribution in [2.75, 3.05) is 23.4 Å². The summed E-state index contributed by atoms with van der Waals surface area (Å²) in [5.74, 6) is 1.45. The SMILES string of the molecule is C\C=C/C=C(F)\C(=C(/C)CC)c1cc(Nc2cccc3c2CCN(C2CCS(=O)C2)C3)ccc1C. The zero-order valence-corrected chi connectivity index (χ0v) is 22.2. The lowest BCUT2D eigenvalue weighted by atomic mass is 9.93. The summed E-state index contributed by atoms with van der Waals surface area (Å²) in [7, 11) is -0.654. The van der Waals surface area contributed by atoms with Gasteiger partial charge in [0.05, 0.1) is 0 Å². The quantitative estimate of drug-likeness (QED) is 0.414. The Morgan fingerprint density at radius 2 is 2.11 bits per heavy atom. The molecule has 0 radical (unpaired) electrons. The van der Waals surface area contributed by atoms with Crippen LogP contribution in [0.1, 0.15) is 55.9 Å². The van der Waals surface area contributed by atoms with Crippen LogP contribution in [-0.4, -0.2) is 33.2 Å². The fourth-order valence-corrected chi connectivity index (χ4v) is 6.63. The average molecular weight is 493 g/mol. The molecule has 0 spiro atoms. The molecule has 2 aliphatic heterocycles. The Hall–Kier alpha value is -2.50. The van der Waals surface area contributed by atoms with E-state index in [2.05, 4.69) is 53.5 Å². The first kappa shape index (κ1) is 25.6. The number of hydrogen-bond acceptors (Lipinski definition) is 3. The summed E-state index contributed by atoms with van der Waals surface area (Å²) >= 11 is 0. The molecule has 186 valence electrons. The van der Waals surface area contributed by atoms with Crippen molar-refractivity contribution in [1.29, 1.82) is 0 Å². The number of nitrogens with zero attached hydrogens (tertiary/aromatic N) is 1. The number of fused-ring (bicyclic) bond motifs is 1. The maximum absolute atomic E-state index is 15.2. The van der Waals surface area contributed by atoms with Crippen molar-refractivity contribution < 1.29 is 8.60 Å². The maximum Gasteiger partial charge on any atom is 0.130 e. The molecule has 35 heavy (non-hydrogen) atoms. The van der Waals surface area contributed by atoms with Crippen molar-refractivity contribution in [3.63, 3.8) is 0 Å². The van der Waals surface area contributed by atoms with Gasteiger partial charge in [-0.05, 0) is 86.6 Å². The van der Waals surface area contributed by atoms with E-state index < -0.39 is 10.8 Å². The third-order valence-electron chi connectivity index (χ3n) is 7.29. The number of aryl methyl sites for hydroxylation is 1. The highest BCUT2D eigenvalue weighted by Gasteiger charge is 2.30. The Bertz CT molecular complexity index is 1200. The van der Waals surface area contributed by atoms with Crippen LogP contribution in [0.5, 0.6) is 0 Å². The van der Waals surface area contributed by atoms with Crippen LogP contribution >= 0.6 is 0 Å². The molecule has 1 fully saturated rings. The van der Waals surface area contributed by atoms with Crippen molar-refractivity contribution in [1.82, 2.24) is 4.90 Å². The van der Waals surface area contributed by atoms with Gasteiger partial charge in [0.15, 0.2) is 0 Å². The third kappa shape index (κ3) is 5.84. The van der Waals surface area contributed by atoms with Gasteiger partial charge in [-0.1, -0.05) is 42.8 Å². The highest BCUT2D eigenvalue weighted by atomic mass is 32.2. The molecule has 2 atom stereocenters. The smallest absolute Gasteiger partial charge is 0.130 e. The summed E-state index contributed by atoms with van der Waals surface area (Å²) in [6.07, 6.45) is 7.95. The molecule has 0 aliphatic carbocycles. The number of rotatable bonds is 7. The third-order valence-corrected chi connectivity index (χ3v) is 8.73. The molecule has 2 unspecified atom stereocenters. The Morgan fingerprint density at radius 1 is 1.29 bits per heavy atom. The first-order valence-electron chi connectivity index (χ1n) is 12.7. The summed E-state index contributed by atoms with van der Waals surface area (Å²) in [6.45, 7) is 9.92. The number of halogens is 1. The van der Waals surface area contributed by atoms with E-state index in [1.54, 1.807) is 12.2 Å². The Kier molecular flexibility index (Phi) is 8.40. The predicted octanol–water partition coefficient (Wildman–Crippen LogP) is 7.23. The van der Waals surface area contributed by atoms with E-state index in [9.17, 15) is 4.21 Å². The monoisotopic (exact) mass is 492 g/mol. The lowest BCUT2D eigenvalue weighted by Gasteiger charge is -2.34. The van der Waals surface area contributed by atoms with Crippen LogP contribution < -0.4 is 5.32 Å². The molecule has 2 heterocycles. The summed E-state index contributed by atoms with van der Waals surface area (Å²) in [5, 5.41) is 3.64. The molecule has 2 aliphatic rings. The summed E-state index contributed by atoms with van der Waals surface area (Å²) in [5.41, 5.74) is 8.49. The lowest BCUT2D eigenvalue weighted by Crippen LogP contribution is -2.39. The number of nitrogens with one attached hydrogen (secondary N) is 1. The second-order valence-corrected chi connectivity index (χ2v) is 11.2. The lowest BCUT2D eigenvalue weighted by molar-refractivity contribution is 0.195. The summed E-state index contributed by atoms with van der Waals surface area (Å²) in [6, 6.07) is 13.1. The molecule has 4 rings (SSSR count). The summed E-state index contributed by atoms with van der Waals surface area (Å²) in [4.78, 5) is 2.51. The number of allylic oxidation sites excluding steroid dienone is 6. The molecule has 3 nitrogen and oxygen atoms in total. The number of anilines is 2. The van der Waals surface area contributed by atoms with E-state index in [1.807, 2.05) is 26.8 Å². The van der Waals surface area contributed by atoms with Gasteiger partial charge in [-0.15, -0.1) is 0 Å². The molecular formula is C30H37FN2OS. The molecule has 2 aromatic carbocycles. The van der Waals surface area contributed by atoms with E-state index in [0.29, 0.717) is 11.6 Å². The van der Waals surface area contributed by atoms with E-state index in [1.165, 1.54) is 11.1 Å². The Balaban J connectivity index is 1.62. The topological polar surface area (TPSA) is 32.3 Å². The minimum Gasteiger partial charge on any atom is -0.355 e. The van der Waals surface area contributed by atoms with Crippen LogP contribution in [0.25, 0.3) is 5.57 Å². The van der Waals surface area contributed by atoms with Gasteiger partial charge in [-0.25, -0.2) is 4.39 Å². The van der Waals surface area contributed by atoms with E-state index in [0.717, 1.165) is 71.9 Å². The second-order valence-electron chi connectivity index (χ2n) is 9.62. The fourth-order valence-electron chi connectivity index (χ4n) is 5.12. The normalized spacial score (nSPS) is 21.8. The van der Waals surface area contributed by atoms with Gasteiger partial charge >= 0.3 is 0 Å². The van der Waals surface area contributed by atoms with Crippen molar-refractivity contribution >= 4 is 27.7 Å². The van der Waals surface area contributed by atoms with Gasteiger partial charge < -0.3 is 5.32 Å². The maximum atomic E-state index is 15.2. The first-order chi connectivity index (χ1) is 16.9. The molecule has 1 saturated heterocycles. The van der Waals surface area contributed by atoms with Crippen LogP contribution in [0, 0.1) is 6.92 Å². The minimum atomic E-state index is -0.654. The Morgan fingerprint density at radius 3 is 2.83 bits per heavy atom. The van der Waals surface area contributed by atoms with Crippen molar-refractivity contribution in [3.8, 4) is 0 Å². The van der Waals surface area contributed by atoms with E-state index in [-0.39, 0.29) is 5.83 Å². The second kappa shape index (κ2) is 11.5. The molecule has 5 heteroatoms. The Labute approximate surface area is 212 Å². The van der Waals surface area contributed by atoms with Gasteiger partial charge in [-0.2, -0.15) is 0 Å². The standard InChI is InChI=1S/C30H37FN2OS/c1-5-7-10-28(31)30(21(3)6-2)27-18-24(13-12-22(27)4)32-29-11-8-9-23-19-33(16-14-26(23)29)25-15-17-35(34)20-25/h5,7-13,18,25,32H,6,14-17,19-20H2,1-4H3/b7-5-,28-10+,30-21+. The molecular weight excluding hydrogens is 455 g/mol. The van der Waals surface area contributed by atoms with Gasteiger partial charge in [0.1, 0.15) is 5.83 Å². The summed E-state index contributed by atoms with van der Waals surface area (Å²) < 4.78 is 27.1. The molecule has 0 bridgehead atoms. The van der Waals surface area contributed by atoms with Gasteiger partial charge in [0.25, 0.3) is 0 Å². The number of benzene rings is 2. The molecule has 0 amide bonds. The van der Waals surface area contributed by atoms with Crippen LogP contribution in [0.15, 0.2) is 66.0 Å². The van der Waals surface area contributed by atoms with Crippen LogP contribution in [-0.2, 0) is 23.8 Å². The zero-order chi connectivity index (χ0) is 24.9. The fraction of sp³-hybridized carbons (Fsp3) is 0.400. The van der Waals surface area contributed by atoms with Gasteiger partial charge in [0, 0.05) is 58.4 Å². The molecule has 2 aromatic rings. The highest BCUT2D eigenvalue weighted by Crippen LogP contribution is 2.35. The van der Waals surface area contributed by atoms with E-state index >= 15 is 4.39 Å². The minimum absolute atomic E-state index is 0.201. The largest absolute Gasteiger partial charge is 0.355 e. The van der Waals surface area contributed by atoms with E-state index in [4.69, 9.17) is 0 Å². The predicted molar refractivity (Wildman–Crippen MR) is 148 cm³/mol. The van der Waals surface area contributed by atoms with Crippen molar-refractivity contribution in [2.45, 2.75) is 59.5 Å². The van der Waals surface area contributed by atoms with Crippen molar-refractivity contribution in [2.24, 2.45) is 0 Å². The molecule has 1 N–H and O–H groups in total.